The van der Waals surface area contributed by atoms with Gasteiger partial charge in [0.15, 0.2) is 0 Å². The highest BCUT2D eigenvalue weighted by Crippen LogP contribution is 2.23. The lowest BCUT2D eigenvalue weighted by Gasteiger charge is -2.08. The van der Waals surface area contributed by atoms with E-state index in [9.17, 15) is 14.7 Å². The number of benzene rings is 3. The number of carbonyl (C=O) groups excluding carboxylic acids is 2. The predicted molar refractivity (Wildman–Crippen MR) is 130 cm³/mol. The zero-order chi connectivity index (χ0) is 24.3. The third kappa shape index (κ3) is 6.88. The van der Waals surface area contributed by atoms with E-state index in [-0.39, 0.29) is 17.9 Å². The second-order valence-corrected chi connectivity index (χ2v) is 7.42. The van der Waals surface area contributed by atoms with Crippen molar-refractivity contribution >= 4 is 22.7 Å². The third-order valence-corrected chi connectivity index (χ3v) is 4.79. The largest absolute Gasteiger partial charge is 0.507 e. The molecule has 6 nitrogen and oxygen atoms in total. The van der Waals surface area contributed by atoms with Crippen LogP contribution in [0.5, 0.6) is 11.5 Å². The van der Waals surface area contributed by atoms with Gasteiger partial charge in [0.2, 0.25) is 0 Å². The van der Waals surface area contributed by atoms with Crippen molar-refractivity contribution in [2.45, 2.75) is 19.8 Å². The summed E-state index contributed by atoms with van der Waals surface area (Å²) < 4.78 is 15.8. The van der Waals surface area contributed by atoms with Crippen molar-refractivity contribution in [2.24, 2.45) is 0 Å². The molecule has 3 rings (SSSR count). The number of aromatic hydroxyl groups is 1. The Morgan fingerprint density at radius 3 is 2.38 bits per heavy atom. The van der Waals surface area contributed by atoms with Crippen LogP contribution in [-0.2, 0) is 14.3 Å². The molecule has 0 amide bonds. The molecule has 0 aromatic heterocycles. The lowest BCUT2D eigenvalue weighted by atomic mass is 10.1. The van der Waals surface area contributed by atoms with Crippen molar-refractivity contribution in [1.29, 1.82) is 0 Å². The molecule has 34 heavy (non-hydrogen) atoms. The van der Waals surface area contributed by atoms with Gasteiger partial charge in [-0.05, 0) is 59.7 Å². The van der Waals surface area contributed by atoms with Crippen LogP contribution in [0.25, 0.3) is 10.8 Å². The summed E-state index contributed by atoms with van der Waals surface area (Å²) in [5.74, 6) is 5.72. The molecule has 0 fully saturated rings. The number of carbonyl (C=O) groups is 2. The molecular formula is C28H26O6. The smallest absolute Gasteiger partial charge is 0.341 e. The number of phenols is 1. The molecule has 0 unspecified atom stereocenters. The third-order valence-electron chi connectivity index (χ3n) is 4.79. The van der Waals surface area contributed by atoms with Crippen LogP contribution >= 0.6 is 0 Å². The summed E-state index contributed by atoms with van der Waals surface area (Å²) >= 11 is 0. The fraction of sp³-hybridized carbons (Fsp3) is 0.214. The zero-order valence-corrected chi connectivity index (χ0v) is 19.0. The van der Waals surface area contributed by atoms with Gasteiger partial charge < -0.3 is 19.3 Å². The molecule has 3 aromatic carbocycles. The highest BCUT2D eigenvalue weighted by Gasteiger charge is 2.12. The van der Waals surface area contributed by atoms with Crippen LogP contribution in [0.15, 0.2) is 67.3 Å². The number of rotatable bonds is 9. The molecule has 0 atom stereocenters. The molecule has 174 valence electrons. The van der Waals surface area contributed by atoms with Crippen molar-refractivity contribution in [1.82, 2.24) is 0 Å². The Morgan fingerprint density at radius 1 is 0.912 bits per heavy atom. The molecule has 0 saturated heterocycles. The van der Waals surface area contributed by atoms with E-state index in [4.69, 9.17) is 14.2 Å². The van der Waals surface area contributed by atoms with E-state index in [1.165, 1.54) is 12.1 Å². The number of phenolic OH excluding ortho intramolecular Hbond substituents is 1. The first kappa shape index (κ1) is 24.4. The lowest BCUT2D eigenvalue weighted by Crippen LogP contribution is -2.06. The van der Waals surface area contributed by atoms with Crippen LogP contribution in [-0.4, -0.2) is 36.9 Å². The second-order valence-electron chi connectivity index (χ2n) is 7.42. The first-order valence-electron chi connectivity index (χ1n) is 11.0. The molecule has 0 saturated carbocycles. The lowest BCUT2D eigenvalue weighted by molar-refractivity contribution is -0.137. The van der Waals surface area contributed by atoms with Crippen LogP contribution < -0.4 is 4.74 Å². The Labute approximate surface area is 198 Å². The minimum absolute atomic E-state index is 0.102. The van der Waals surface area contributed by atoms with E-state index in [0.29, 0.717) is 31.6 Å². The minimum Gasteiger partial charge on any atom is -0.507 e. The summed E-state index contributed by atoms with van der Waals surface area (Å²) in [5.41, 5.74) is 1.52. The molecule has 6 heteroatoms. The van der Waals surface area contributed by atoms with E-state index in [1.807, 2.05) is 43.3 Å². The Bertz CT molecular complexity index is 1250. The summed E-state index contributed by atoms with van der Waals surface area (Å²) in [4.78, 5) is 23.1. The van der Waals surface area contributed by atoms with Crippen molar-refractivity contribution in [3.8, 4) is 23.3 Å². The van der Waals surface area contributed by atoms with E-state index in [2.05, 4.69) is 18.4 Å². The fourth-order valence-electron chi connectivity index (χ4n) is 3.07. The number of hydrogen-bond donors (Lipinski definition) is 1. The SMILES string of the molecule is C=CC(=O)OCCCOc1ccc2cc(C#Cc3ccc(O)c(C(=O)OCCC)c3)ccc2c1. The van der Waals surface area contributed by atoms with E-state index in [1.54, 1.807) is 6.07 Å². The molecule has 0 aliphatic carbocycles. The minimum atomic E-state index is -0.565. The summed E-state index contributed by atoms with van der Waals surface area (Å²) in [5, 5.41) is 12.0. The quantitative estimate of drug-likeness (QED) is 0.210. The maximum Gasteiger partial charge on any atom is 0.341 e. The fourth-order valence-corrected chi connectivity index (χ4v) is 3.07. The Kier molecular flexibility index (Phi) is 8.70. The summed E-state index contributed by atoms with van der Waals surface area (Å²) in [6.45, 7) is 6.26. The molecule has 0 spiro atoms. The number of ether oxygens (including phenoxy) is 3. The van der Waals surface area contributed by atoms with Gasteiger partial charge in [-0.1, -0.05) is 37.5 Å². The highest BCUT2D eigenvalue weighted by molar-refractivity contribution is 5.93. The van der Waals surface area contributed by atoms with Crippen LogP contribution in [0.2, 0.25) is 0 Å². The Balaban J connectivity index is 1.66. The van der Waals surface area contributed by atoms with Crippen LogP contribution in [0.1, 0.15) is 41.3 Å². The normalized spacial score (nSPS) is 10.1. The topological polar surface area (TPSA) is 82.1 Å². The van der Waals surface area contributed by atoms with E-state index >= 15 is 0 Å². The summed E-state index contributed by atoms with van der Waals surface area (Å²) in [6.07, 6.45) is 2.42. The van der Waals surface area contributed by atoms with Crippen molar-refractivity contribution < 1.29 is 28.9 Å². The number of hydrogen-bond acceptors (Lipinski definition) is 6. The molecular weight excluding hydrogens is 432 g/mol. The Hall–Kier alpha value is -4.24. The second kappa shape index (κ2) is 12.1. The van der Waals surface area contributed by atoms with Gasteiger partial charge in [0.05, 0.1) is 19.8 Å². The number of esters is 2. The molecule has 0 aliphatic rings. The van der Waals surface area contributed by atoms with Crippen molar-refractivity contribution in [2.75, 3.05) is 19.8 Å². The van der Waals surface area contributed by atoms with Gasteiger partial charge in [-0.3, -0.25) is 0 Å². The molecule has 0 radical (unpaired) electrons. The predicted octanol–water partition coefficient (Wildman–Crippen LogP) is 5.01. The van der Waals surface area contributed by atoms with E-state index < -0.39 is 11.9 Å². The van der Waals surface area contributed by atoms with Gasteiger partial charge in [0.1, 0.15) is 17.1 Å². The maximum absolute atomic E-state index is 12.1. The van der Waals surface area contributed by atoms with Crippen molar-refractivity contribution in [3.63, 3.8) is 0 Å². The van der Waals surface area contributed by atoms with Crippen LogP contribution in [0.4, 0.5) is 0 Å². The van der Waals surface area contributed by atoms with Crippen molar-refractivity contribution in [3.05, 3.63) is 83.9 Å². The highest BCUT2D eigenvalue weighted by atomic mass is 16.5. The average molecular weight is 459 g/mol. The van der Waals surface area contributed by atoms with Gasteiger partial charge in [-0.15, -0.1) is 0 Å². The van der Waals surface area contributed by atoms with Gasteiger partial charge >= 0.3 is 11.9 Å². The molecule has 3 aromatic rings. The number of fused-ring (bicyclic) bond motifs is 1. The van der Waals surface area contributed by atoms with Crippen LogP contribution in [0.3, 0.4) is 0 Å². The standard InChI is InChI=1S/C28H26O6/c1-3-14-34-28(31)25-18-21(9-13-26(25)29)7-6-20-8-10-23-19-24(12-11-22(23)17-20)32-15-5-16-33-27(30)4-2/h4,8-13,17-19,29H,2-3,5,14-16H2,1H3. The van der Waals surface area contributed by atoms with Gasteiger partial charge in [0, 0.05) is 23.6 Å². The molecule has 0 aliphatic heterocycles. The monoisotopic (exact) mass is 458 g/mol. The Morgan fingerprint density at radius 2 is 1.62 bits per heavy atom. The molecule has 1 N–H and O–H groups in total. The van der Waals surface area contributed by atoms with Crippen LogP contribution in [0, 0.1) is 11.8 Å². The van der Waals surface area contributed by atoms with E-state index in [0.717, 1.165) is 28.2 Å². The zero-order valence-electron chi connectivity index (χ0n) is 19.0. The molecule has 0 bridgehead atoms. The van der Waals surface area contributed by atoms with Gasteiger partial charge in [-0.25, -0.2) is 9.59 Å². The van der Waals surface area contributed by atoms with Gasteiger partial charge in [0.25, 0.3) is 0 Å². The first-order chi connectivity index (χ1) is 16.5. The average Bonchev–Trinajstić information content (AvgIpc) is 2.86. The summed E-state index contributed by atoms with van der Waals surface area (Å²) in [7, 11) is 0. The summed E-state index contributed by atoms with van der Waals surface area (Å²) in [6, 6.07) is 16.2. The first-order valence-corrected chi connectivity index (χ1v) is 11.0. The maximum atomic E-state index is 12.1. The van der Waals surface area contributed by atoms with Gasteiger partial charge in [-0.2, -0.15) is 0 Å². The molecule has 0 heterocycles.